The Kier molecular flexibility index (Phi) is 8.82. The molecule has 1 N–H and O–H groups in total. The van der Waals surface area contributed by atoms with Crippen molar-refractivity contribution in [3.63, 3.8) is 0 Å². The Balaban J connectivity index is 2.00. The molecule has 14 heteroatoms. The maximum absolute atomic E-state index is 14.0. The fourth-order valence-electron chi connectivity index (χ4n) is 4.19. The first kappa shape index (κ1) is 31.2. The molecule has 0 unspecified atom stereocenters. The number of nitrogens with one attached hydrogen (secondary N) is 1. The molecule has 1 atom stereocenters. The van der Waals surface area contributed by atoms with E-state index >= 15 is 0 Å². The summed E-state index contributed by atoms with van der Waals surface area (Å²) in [4.78, 5) is 30.6. The number of halogens is 5. The minimum absolute atomic E-state index is 0.00364. The first-order valence-electron chi connectivity index (χ1n) is 12.4. The highest BCUT2D eigenvalue weighted by molar-refractivity contribution is 7.93. The molecule has 1 fully saturated rings. The molecule has 0 radical (unpaired) electrons. The van der Waals surface area contributed by atoms with Crippen LogP contribution in [0.4, 0.5) is 38.1 Å². The minimum Gasteiger partial charge on any atom is -0.442 e. The molecule has 2 aromatic rings. The van der Waals surface area contributed by atoms with Gasteiger partial charge in [-0.1, -0.05) is 6.07 Å². The van der Waals surface area contributed by atoms with E-state index in [1.54, 1.807) is 20.8 Å². The van der Waals surface area contributed by atoms with Crippen LogP contribution < -0.4 is 10.2 Å². The van der Waals surface area contributed by atoms with Crippen molar-refractivity contribution in [3.05, 3.63) is 47.3 Å². The summed E-state index contributed by atoms with van der Waals surface area (Å²) in [5.74, 6) is -3.87. The molecule has 1 aliphatic heterocycles. The van der Waals surface area contributed by atoms with Crippen LogP contribution in [0.15, 0.2) is 39.7 Å². The number of rotatable bonds is 4. The maximum atomic E-state index is 14.0. The van der Waals surface area contributed by atoms with Gasteiger partial charge in [-0.3, -0.25) is 4.79 Å². The lowest BCUT2D eigenvalue weighted by Crippen LogP contribution is -2.30. The van der Waals surface area contributed by atoms with Crippen LogP contribution in [-0.4, -0.2) is 52.1 Å². The first-order chi connectivity index (χ1) is 18.3. The zero-order chi connectivity index (χ0) is 30.1. The molecule has 2 amide bonds. The van der Waals surface area contributed by atoms with Gasteiger partial charge in [0.2, 0.25) is 5.92 Å². The summed E-state index contributed by atoms with van der Waals surface area (Å²) in [6, 6.07) is 5.53. The number of hydrogen-bond donors (Lipinski definition) is 1. The number of alkyl halides is 5. The van der Waals surface area contributed by atoms with Crippen molar-refractivity contribution in [2.75, 3.05) is 29.6 Å². The summed E-state index contributed by atoms with van der Waals surface area (Å²) >= 11 is 0. The van der Waals surface area contributed by atoms with E-state index in [2.05, 4.69) is 14.7 Å². The number of hydrogen-bond acceptors (Lipinski definition) is 6. The van der Waals surface area contributed by atoms with Gasteiger partial charge in [0.05, 0.1) is 27.2 Å². The zero-order valence-corrected chi connectivity index (χ0v) is 23.5. The number of benzene rings is 1. The number of nitrogens with zero attached hydrogens (tertiary/aromatic N) is 3. The van der Waals surface area contributed by atoms with Gasteiger partial charge in [0.25, 0.3) is 5.91 Å². The smallest absolute Gasteiger partial charge is 0.442 e. The average Bonchev–Trinajstić information content (AvgIpc) is 2.96. The second kappa shape index (κ2) is 11.3. The van der Waals surface area contributed by atoms with Gasteiger partial charge < -0.3 is 15.0 Å². The summed E-state index contributed by atoms with van der Waals surface area (Å²) in [6.45, 7) is 5.86. The van der Waals surface area contributed by atoms with Crippen LogP contribution in [0.3, 0.4) is 0 Å². The lowest BCUT2D eigenvalue weighted by atomic mass is 10.0. The fourth-order valence-corrected chi connectivity index (χ4v) is 5.30. The molecular weight excluding hydrogens is 559 g/mol. The van der Waals surface area contributed by atoms with Crippen LogP contribution in [0.25, 0.3) is 0 Å². The lowest BCUT2D eigenvalue weighted by Gasteiger charge is -2.27. The van der Waals surface area contributed by atoms with Gasteiger partial charge in [-0.2, -0.15) is 13.2 Å². The Hall–Kier alpha value is -3.29. The Morgan fingerprint density at radius 2 is 1.82 bits per heavy atom. The molecule has 2 heterocycles. The Bertz CT molecular complexity index is 1410. The molecule has 8 nitrogen and oxygen atoms in total. The summed E-state index contributed by atoms with van der Waals surface area (Å²) in [7, 11) is -3.32. The van der Waals surface area contributed by atoms with Gasteiger partial charge >= 0.3 is 12.3 Å². The van der Waals surface area contributed by atoms with Crippen molar-refractivity contribution in [1.82, 2.24) is 4.98 Å². The maximum Gasteiger partial charge on any atom is 0.442 e. The second-order valence-electron chi connectivity index (χ2n) is 10.5. The van der Waals surface area contributed by atoms with Gasteiger partial charge in [0, 0.05) is 42.8 Å². The standard InChI is InChI=1S/C26H31F5N4O4S/c1-16-20(19(15-32-21(16)26(29,30)31)35-12-7-10-25(27,28)11-13-35)22(36)33-17-8-6-9-18(14-17)40(5,38)34-23(37)39-24(2,3)4/h6,8-9,14-15H,7,10-13H2,1-5H3,(H,33,36)/t40-/m1/s1. The summed E-state index contributed by atoms with van der Waals surface area (Å²) in [5, 5.41) is 2.50. The lowest BCUT2D eigenvalue weighted by molar-refractivity contribution is -0.141. The van der Waals surface area contributed by atoms with Crippen molar-refractivity contribution in [3.8, 4) is 0 Å². The van der Waals surface area contributed by atoms with E-state index in [1.165, 1.54) is 35.4 Å². The molecule has 1 aromatic carbocycles. The molecule has 1 aromatic heterocycles. The highest BCUT2D eigenvalue weighted by atomic mass is 32.2. The van der Waals surface area contributed by atoms with Crippen LogP contribution in [0.5, 0.6) is 0 Å². The Labute approximate surface area is 229 Å². The van der Waals surface area contributed by atoms with Crippen LogP contribution in [0, 0.1) is 6.92 Å². The topological polar surface area (TPSA) is 101 Å². The predicted octanol–water partition coefficient (Wildman–Crippen LogP) is 6.68. The molecular formula is C26H31F5N4O4S. The zero-order valence-electron chi connectivity index (χ0n) is 22.7. The SMILES string of the molecule is Cc1c(C(F)(F)F)ncc(N2CCCC(F)(F)CC2)c1C(=O)Nc1cccc([S@@](C)(=O)=NC(=O)OC(C)(C)C)c1. The molecule has 0 bridgehead atoms. The molecule has 1 saturated heterocycles. The van der Waals surface area contributed by atoms with Crippen molar-refractivity contribution in [2.24, 2.45) is 4.36 Å². The molecule has 0 aliphatic carbocycles. The van der Waals surface area contributed by atoms with Crippen molar-refractivity contribution >= 4 is 33.1 Å². The number of carbonyl (C=O) groups is 2. The third-order valence-corrected chi connectivity index (χ3v) is 7.65. The number of pyridine rings is 1. The number of ether oxygens (including phenoxy) is 1. The normalized spacial score (nSPS) is 17.4. The summed E-state index contributed by atoms with van der Waals surface area (Å²) in [5.41, 5.74) is -2.92. The van der Waals surface area contributed by atoms with E-state index in [0.29, 0.717) is 0 Å². The highest BCUT2D eigenvalue weighted by Crippen LogP contribution is 2.37. The third-order valence-electron chi connectivity index (χ3n) is 6.03. The van der Waals surface area contributed by atoms with Gasteiger partial charge in [-0.15, -0.1) is 4.36 Å². The molecule has 3 rings (SSSR count). The van der Waals surface area contributed by atoms with Crippen LogP contribution in [0.1, 0.15) is 61.6 Å². The van der Waals surface area contributed by atoms with E-state index in [-0.39, 0.29) is 47.8 Å². The summed E-state index contributed by atoms with van der Waals surface area (Å²) in [6.07, 6.45) is -4.66. The highest BCUT2D eigenvalue weighted by Gasteiger charge is 2.38. The van der Waals surface area contributed by atoms with E-state index in [9.17, 15) is 35.8 Å². The van der Waals surface area contributed by atoms with E-state index in [1.807, 2.05) is 0 Å². The summed E-state index contributed by atoms with van der Waals surface area (Å²) < 4.78 is 90.8. The van der Waals surface area contributed by atoms with Gasteiger partial charge in [0.15, 0.2) is 0 Å². The molecule has 1 aliphatic rings. The van der Waals surface area contributed by atoms with Crippen LogP contribution in [-0.2, 0) is 20.6 Å². The van der Waals surface area contributed by atoms with Gasteiger partial charge in [-0.25, -0.2) is 22.8 Å². The van der Waals surface area contributed by atoms with Crippen molar-refractivity contribution in [1.29, 1.82) is 0 Å². The third kappa shape index (κ3) is 7.89. The monoisotopic (exact) mass is 590 g/mol. The van der Waals surface area contributed by atoms with Gasteiger partial charge in [0.1, 0.15) is 11.3 Å². The Morgan fingerprint density at radius 1 is 1.15 bits per heavy atom. The fraction of sp³-hybridized carbons (Fsp3) is 0.500. The number of carbonyl (C=O) groups excluding carboxylic acids is 2. The number of aromatic nitrogens is 1. The molecule has 220 valence electrons. The minimum atomic E-state index is -4.86. The number of amides is 2. The van der Waals surface area contributed by atoms with E-state index in [0.717, 1.165) is 13.1 Å². The molecule has 0 saturated carbocycles. The van der Waals surface area contributed by atoms with Crippen molar-refractivity contribution in [2.45, 2.75) is 69.6 Å². The number of anilines is 2. The van der Waals surface area contributed by atoms with E-state index in [4.69, 9.17) is 4.74 Å². The quantitative estimate of drug-likeness (QED) is 0.399. The van der Waals surface area contributed by atoms with Crippen molar-refractivity contribution < 1.29 is 40.5 Å². The van der Waals surface area contributed by atoms with Crippen LogP contribution in [0.2, 0.25) is 0 Å². The Morgan fingerprint density at radius 3 is 2.45 bits per heavy atom. The molecule has 0 spiro atoms. The van der Waals surface area contributed by atoms with E-state index < -0.39 is 57.1 Å². The largest absolute Gasteiger partial charge is 0.442 e. The predicted molar refractivity (Wildman–Crippen MR) is 140 cm³/mol. The first-order valence-corrected chi connectivity index (χ1v) is 14.3. The van der Waals surface area contributed by atoms with Gasteiger partial charge in [-0.05, 0) is 57.9 Å². The second-order valence-corrected chi connectivity index (χ2v) is 12.8. The molecule has 40 heavy (non-hydrogen) atoms. The van der Waals surface area contributed by atoms with Crippen LogP contribution >= 0.6 is 0 Å². The average molecular weight is 591 g/mol.